The Hall–Kier alpha value is -1.85. The van der Waals surface area contributed by atoms with Crippen LogP contribution < -0.4 is 16.0 Å². The second-order valence-electron chi connectivity index (χ2n) is 4.95. The highest BCUT2D eigenvalue weighted by Gasteiger charge is 2.26. The van der Waals surface area contributed by atoms with Gasteiger partial charge in [-0.2, -0.15) is 0 Å². The summed E-state index contributed by atoms with van der Waals surface area (Å²) < 4.78 is 0. The van der Waals surface area contributed by atoms with Gasteiger partial charge in [-0.3, -0.25) is 4.79 Å². The van der Waals surface area contributed by atoms with Crippen LogP contribution in [-0.4, -0.2) is 35.5 Å². The van der Waals surface area contributed by atoms with E-state index >= 15 is 0 Å². The predicted octanol–water partition coefficient (Wildman–Crippen LogP) is 1.06. The molecular formula is C13H21N5O. The maximum Gasteiger partial charge on any atom is 0.237 e. The quantitative estimate of drug-likeness (QED) is 0.830. The van der Waals surface area contributed by atoms with E-state index < -0.39 is 0 Å². The Labute approximate surface area is 113 Å². The molecule has 19 heavy (non-hydrogen) atoms. The highest BCUT2D eigenvalue weighted by Crippen LogP contribution is 2.30. The lowest BCUT2D eigenvalue weighted by molar-refractivity contribution is -0.116. The molecule has 0 saturated heterocycles. The molecule has 1 fully saturated rings. The van der Waals surface area contributed by atoms with Gasteiger partial charge in [0, 0.05) is 18.7 Å². The van der Waals surface area contributed by atoms with Crippen LogP contribution >= 0.6 is 0 Å². The molecule has 0 bridgehead atoms. The number of rotatable bonds is 5. The minimum atomic E-state index is -0.323. The monoisotopic (exact) mass is 263 g/mol. The van der Waals surface area contributed by atoms with Crippen LogP contribution in [-0.2, 0) is 4.79 Å². The van der Waals surface area contributed by atoms with Crippen molar-refractivity contribution in [1.82, 2.24) is 9.97 Å². The van der Waals surface area contributed by atoms with E-state index in [9.17, 15) is 4.79 Å². The fraction of sp³-hybridized carbons (Fsp3) is 0.615. The van der Waals surface area contributed by atoms with Crippen LogP contribution in [0.4, 0.5) is 11.6 Å². The molecule has 0 spiro atoms. The Morgan fingerprint density at radius 2 is 2.16 bits per heavy atom. The third-order valence-electron chi connectivity index (χ3n) is 3.66. The fourth-order valence-electron chi connectivity index (χ4n) is 2.74. The number of primary amides is 1. The number of carbonyl (C=O) groups is 1. The highest BCUT2D eigenvalue weighted by atomic mass is 16.1. The zero-order chi connectivity index (χ0) is 13.8. The Kier molecular flexibility index (Phi) is 4.19. The van der Waals surface area contributed by atoms with Crippen LogP contribution in [0.3, 0.4) is 0 Å². The molecule has 0 unspecified atom stereocenters. The number of hydrogen-bond acceptors (Lipinski definition) is 5. The minimum absolute atomic E-state index is 0.214. The van der Waals surface area contributed by atoms with Crippen LogP contribution in [0, 0.1) is 6.92 Å². The van der Waals surface area contributed by atoms with Gasteiger partial charge >= 0.3 is 0 Å². The van der Waals surface area contributed by atoms with Gasteiger partial charge in [-0.25, -0.2) is 9.97 Å². The zero-order valence-electron chi connectivity index (χ0n) is 11.5. The van der Waals surface area contributed by atoms with Crippen LogP contribution in [0.5, 0.6) is 0 Å². The van der Waals surface area contributed by atoms with Crippen molar-refractivity contribution >= 4 is 17.5 Å². The number of carbonyl (C=O) groups excluding carboxylic acids is 1. The molecule has 1 aliphatic rings. The van der Waals surface area contributed by atoms with Crippen molar-refractivity contribution in [2.24, 2.45) is 5.73 Å². The molecule has 6 heteroatoms. The minimum Gasteiger partial charge on any atom is -0.373 e. The number of anilines is 2. The number of nitrogens with zero attached hydrogens (tertiary/aromatic N) is 3. The third-order valence-corrected chi connectivity index (χ3v) is 3.66. The molecule has 0 atom stereocenters. The average Bonchev–Trinajstić information content (AvgIpc) is 2.90. The third kappa shape index (κ3) is 2.94. The summed E-state index contributed by atoms with van der Waals surface area (Å²) >= 11 is 0. The Bertz CT molecular complexity index is 456. The summed E-state index contributed by atoms with van der Waals surface area (Å²) in [5.74, 6) is 1.28. The number of nitrogens with one attached hydrogen (secondary N) is 1. The van der Waals surface area contributed by atoms with E-state index in [1.807, 2.05) is 18.9 Å². The van der Waals surface area contributed by atoms with E-state index in [1.54, 1.807) is 0 Å². The molecule has 1 saturated carbocycles. The van der Waals surface area contributed by atoms with Crippen molar-refractivity contribution in [3.8, 4) is 0 Å². The van der Waals surface area contributed by atoms with Gasteiger partial charge in [0.2, 0.25) is 5.91 Å². The van der Waals surface area contributed by atoms with E-state index in [4.69, 9.17) is 5.73 Å². The summed E-state index contributed by atoms with van der Waals surface area (Å²) in [6, 6.07) is 0.353. The first kappa shape index (κ1) is 13.6. The molecule has 1 heterocycles. The molecule has 3 N–H and O–H groups in total. The SMILES string of the molecule is CNc1ncnc(N(CC(N)=O)C2CCCC2)c1C. The van der Waals surface area contributed by atoms with Crippen molar-refractivity contribution < 1.29 is 4.79 Å². The maximum absolute atomic E-state index is 11.3. The summed E-state index contributed by atoms with van der Waals surface area (Å²) in [4.78, 5) is 21.9. The lowest BCUT2D eigenvalue weighted by Crippen LogP contribution is -2.41. The van der Waals surface area contributed by atoms with Crippen molar-refractivity contribution in [1.29, 1.82) is 0 Å². The van der Waals surface area contributed by atoms with Gasteiger partial charge in [-0.15, -0.1) is 0 Å². The van der Waals surface area contributed by atoms with E-state index in [0.29, 0.717) is 6.04 Å². The molecule has 1 aliphatic carbocycles. The van der Waals surface area contributed by atoms with E-state index in [1.165, 1.54) is 19.2 Å². The topological polar surface area (TPSA) is 84.1 Å². The molecule has 0 aliphatic heterocycles. The van der Waals surface area contributed by atoms with Crippen molar-refractivity contribution in [2.75, 3.05) is 23.8 Å². The van der Waals surface area contributed by atoms with Crippen LogP contribution in [0.15, 0.2) is 6.33 Å². The molecule has 0 aromatic carbocycles. The highest BCUT2D eigenvalue weighted by molar-refractivity contribution is 5.80. The molecule has 1 aromatic rings. The molecule has 2 rings (SSSR count). The fourth-order valence-corrected chi connectivity index (χ4v) is 2.74. The van der Waals surface area contributed by atoms with Crippen LogP contribution in [0.2, 0.25) is 0 Å². The first-order valence-electron chi connectivity index (χ1n) is 6.67. The van der Waals surface area contributed by atoms with Crippen molar-refractivity contribution in [3.05, 3.63) is 11.9 Å². The van der Waals surface area contributed by atoms with Gasteiger partial charge in [0.1, 0.15) is 18.0 Å². The number of hydrogen-bond donors (Lipinski definition) is 2. The molecule has 104 valence electrons. The predicted molar refractivity (Wildman–Crippen MR) is 75.1 cm³/mol. The molecule has 1 aromatic heterocycles. The van der Waals surface area contributed by atoms with Crippen molar-refractivity contribution in [2.45, 2.75) is 38.6 Å². The first-order chi connectivity index (χ1) is 9.13. The lowest BCUT2D eigenvalue weighted by Gasteiger charge is -2.30. The summed E-state index contributed by atoms with van der Waals surface area (Å²) in [6.07, 6.45) is 6.10. The number of aromatic nitrogens is 2. The molecular weight excluding hydrogens is 242 g/mol. The average molecular weight is 263 g/mol. The Balaban J connectivity index is 2.34. The maximum atomic E-state index is 11.3. The lowest BCUT2D eigenvalue weighted by atomic mass is 10.2. The largest absolute Gasteiger partial charge is 0.373 e. The number of amides is 1. The van der Waals surface area contributed by atoms with Crippen LogP contribution in [0.25, 0.3) is 0 Å². The smallest absolute Gasteiger partial charge is 0.237 e. The summed E-state index contributed by atoms with van der Waals surface area (Å²) in [7, 11) is 1.83. The van der Waals surface area contributed by atoms with E-state index in [2.05, 4.69) is 15.3 Å². The van der Waals surface area contributed by atoms with Gasteiger partial charge < -0.3 is 16.0 Å². The van der Waals surface area contributed by atoms with Gasteiger partial charge in [-0.1, -0.05) is 12.8 Å². The molecule has 1 amide bonds. The second-order valence-corrected chi connectivity index (χ2v) is 4.95. The Morgan fingerprint density at radius 1 is 1.47 bits per heavy atom. The van der Waals surface area contributed by atoms with Gasteiger partial charge in [-0.05, 0) is 19.8 Å². The summed E-state index contributed by atoms with van der Waals surface area (Å²) in [5.41, 5.74) is 6.34. The Morgan fingerprint density at radius 3 is 2.74 bits per heavy atom. The first-order valence-corrected chi connectivity index (χ1v) is 6.67. The summed E-state index contributed by atoms with van der Waals surface area (Å²) in [5, 5.41) is 3.04. The van der Waals surface area contributed by atoms with Gasteiger partial charge in [0.05, 0.1) is 6.54 Å². The van der Waals surface area contributed by atoms with Crippen LogP contribution in [0.1, 0.15) is 31.2 Å². The van der Waals surface area contributed by atoms with Crippen molar-refractivity contribution in [3.63, 3.8) is 0 Å². The molecule has 6 nitrogen and oxygen atoms in total. The number of nitrogens with two attached hydrogens (primary N) is 1. The molecule has 0 radical (unpaired) electrons. The van der Waals surface area contributed by atoms with E-state index in [0.717, 1.165) is 30.0 Å². The van der Waals surface area contributed by atoms with E-state index in [-0.39, 0.29) is 12.5 Å². The van der Waals surface area contributed by atoms with Gasteiger partial charge in [0.25, 0.3) is 0 Å². The zero-order valence-corrected chi connectivity index (χ0v) is 11.5. The standard InChI is InChI=1S/C13H21N5O/c1-9-12(15-2)16-8-17-13(9)18(7-11(14)19)10-5-3-4-6-10/h8,10H,3-7H2,1-2H3,(H2,14,19)(H,15,16,17). The second kappa shape index (κ2) is 5.86. The summed E-state index contributed by atoms with van der Waals surface area (Å²) in [6.45, 7) is 2.18. The normalized spacial score (nSPS) is 15.5. The van der Waals surface area contributed by atoms with Gasteiger partial charge in [0.15, 0.2) is 0 Å².